The monoisotopic (exact) mass is 424 g/mol. The fourth-order valence-corrected chi connectivity index (χ4v) is 3.93. The molecule has 1 fully saturated rings. The number of morpholine rings is 1. The van der Waals surface area contributed by atoms with Gasteiger partial charge in [-0.1, -0.05) is 60.7 Å². The van der Waals surface area contributed by atoms with Crippen LogP contribution < -0.4 is 0 Å². The van der Waals surface area contributed by atoms with E-state index in [1.165, 1.54) is 11.1 Å². The molecule has 0 aliphatic carbocycles. The van der Waals surface area contributed by atoms with Crippen molar-refractivity contribution in [1.29, 1.82) is 0 Å². The smallest absolute Gasteiger partial charge is 0.223 e. The van der Waals surface area contributed by atoms with Gasteiger partial charge in [-0.3, -0.25) is 9.69 Å². The quantitative estimate of drug-likeness (QED) is 0.487. The Morgan fingerprint density at radius 1 is 1.00 bits per heavy atom. The number of amides is 1. The molecule has 5 heteroatoms. The van der Waals surface area contributed by atoms with Gasteiger partial charge in [-0.2, -0.15) is 0 Å². The van der Waals surface area contributed by atoms with E-state index in [1.807, 2.05) is 41.3 Å². The van der Waals surface area contributed by atoms with Gasteiger partial charge in [0.1, 0.15) is 0 Å². The normalized spacial score (nSPS) is 15.5. The number of nitrogens with zero attached hydrogens (tertiary/aromatic N) is 2. The average Bonchev–Trinajstić information content (AvgIpc) is 2.81. The van der Waals surface area contributed by atoms with E-state index < -0.39 is 0 Å². The van der Waals surface area contributed by atoms with E-state index >= 15 is 0 Å². The first-order chi connectivity index (χ1) is 15.2. The standard InChI is InChI=1S/C26H36N2O3/c1-23(21-27-15-19-31-20-16-27)28(22-25-11-6-3-7-12-25)26(29)13-8-17-30-18-14-24-9-4-2-5-10-24/h2-7,9-12,23H,8,13-22H2,1H3. The van der Waals surface area contributed by atoms with Crippen LogP contribution in [0, 0.1) is 0 Å². The second-order valence-corrected chi connectivity index (χ2v) is 8.22. The highest BCUT2D eigenvalue weighted by molar-refractivity contribution is 5.76. The van der Waals surface area contributed by atoms with Gasteiger partial charge in [-0.25, -0.2) is 0 Å². The van der Waals surface area contributed by atoms with Gasteiger partial charge in [0, 0.05) is 45.2 Å². The lowest BCUT2D eigenvalue weighted by Crippen LogP contribution is -2.47. The fraction of sp³-hybridized carbons (Fsp3) is 0.500. The van der Waals surface area contributed by atoms with E-state index in [4.69, 9.17) is 9.47 Å². The average molecular weight is 425 g/mol. The molecule has 5 nitrogen and oxygen atoms in total. The Balaban J connectivity index is 1.45. The van der Waals surface area contributed by atoms with Crippen LogP contribution in [-0.4, -0.2) is 67.8 Å². The van der Waals surface area contributed by atoms with Crippen LogP contribution in [0.5, 0.6) is 0 Å². The van der Waals surface area contributed by atoms with Crippen LogP contribution in [0.4, 0.5) is 0 Å². The minimum atomic E-state index is 0.157. The molecular formula is C26H36N2O3. The summed E-state index contributed by atoms with van der Waals surface area (Å²) in [5.74, 6) is 0.205. The Kier molecular flexibility index (Phi) is 10.0. The molecule has 1 unspecified atom stereocenters. The van der Waals surface area contributed by atoms with Crippen molar-refractivity contribution in [2.24, 2.45) is 0 Å². The van der Waals surface area contributed by atoms with Crippen molar-refractivity contribution in [3.05, 3.63) is 71.8 Å². The predicted molar refractivity (Wildman–Crippen MR) is 124 cm³/mol. The third-order valence-electron chi connectivity index (χ3n) is 5.73. The molecule has 0 aromatic heterocycles. The number of ether oxygens (including phenoxy) is 2. The summed E-state index contributed by atoms with van der Waals surface area (Å²) in [7, 11) is 0. The number of hydrogen-bond donors (Lipinski definition) is 0. The molecule has 0 N–H and O–H groups in total. The van der Waals surface area contributed by atoms with Crippen molar-refractivity contribution < 1.29 is 14.3 Å². The van der Waals surface area contributed by atoms with Crippen molar-refractivity contribution in [3.8, 4) is 0 Å². The van der Waals surface area contributed by atoms with E-state index in [0.29, 0.717) is 26.2 Å². The summed E-state index contributed by atoms with van der Waals surface area (Å²) in [6.07, 6.45) is 2.18. The summed E-state index contributed by atoms with van der Waals surface area (Å²) < 4.78 is 11.2. The Bertz CT molecular complexity index is 748. The highest BCUT2D eigenvalue weighted by atomic mass is 16.5. The Labute approximate surface area is 187 Å². The first-order valence-corrected chi connectivity index (χ1v) is 11.5. The molecule has 1 saturated heterocycles. The van der Waals surface area contributed by atoms with Crippen molar-refractivity contribution >= 4 is 5.91 Å². The maximum Gasteiger partial charge on any atom is 0.223 e. The van der Waals surface area contributed by atoms with Crippen molar-refractivity contribution in [1.82, 2.24) is 9.80 Å². The molecule has 1 heterocycles. The van der Waals surface area contributed by atoms with Gasteiger partial charge in [0.2, 0.25) is 5.91 Å². The molecule has 0 radical (unpaired) electrons. The molecule has 1 amide bonds. The van der Waals surface area contributed by atoms with Gasteiger partial charge in [0.15, 0.2) is 0 Å². The van der Waals surface area contributed by atoms with E-state index in [0.717, 1.165) is 45.7 Å². The molecule has 2 aromatic carbocycles. The van der Waals surface area contributed by atoms with Crippen molar-refractivity contribution in [2.75, 3.05) is 46.1 Å². The van der Waals surface area contributed by atoms with Gasteiger partial charge in [0.05, 0.1) is 19.8 Å². The molecule has 31 heavy (non-hydrogen) atoms. The van der Waals surface area contributed by atoms with Crippen molar-refractivity contribution in [2.45, 2.75) is 38.8 Å². The first-order valence-electron chi connectivity index (χ1n) is 11.5. The van der Waals surface area contributed by atoms with Crippen molar-refractivity contribution in [3.63, 3.8) is 0 Å². The molecular weight excluding hydrogens is 388 g/mol. The number of carbonyl (C=O) groups is 1. The lowest BCUT2D eigenvalue weighted by atomic mass is 10.1. The zero-order valence-electron chi connectivity index (χ0n) is 18.7. The molecule has 1 aliphatic heterocycles. The summed E-state index contributed by atoms with van der Waals surface area (Å²) >= 11 is 0. The first kappa shape index (κ1) is 23.5. The second kappa shape index (κ2) is 13.3. The van der Waals surface area contributed by atoms with Crippen LogP contribution in [0.25, 0.3) is 0 Å². The third-order valence-corrected chi connectivity index (χ3v) is 5.73. The van der Waals surface area contributed by atoms with Gasteiger partial charge in [0.25, 0.3) is 0 Å². The molecule has 0 saturated carbocycles. The van der Waals surface area contributed by atoms with Gasteiger partial charge >= 0.3 is 0 Å². The summed E-state index contributed by atoms with van der Waals surface area (Å²) in [5, 5.41) is 0. The van der Waals surface area contributed by atoms with Crippen LogP contribution in [-0.2, 0) is 27.2 Å². The number of rotatable bonds is 12. The molecule has 0 bridgehead atoms. The highest BCUT2D eigenvalue weighted by Gasteiger charge is 2.23. The SMILES string of the molecule is CC(CN1CCOCC1)N(Cc1ccccc1)C(=O)CCCOCCc1ccccc1. The number of hydrogen-bond acceptors (Lipinski definition) is 4. The van der Waals surface area contributed by atoms with Crippen LogP contribution >= 0.6 is 0 Å². The maximum absolute atomic E-state index is 13.1. The number of carbonyl (C=O) groups excluding carboxylic acids is 1. The topological polar surface area (TPSA) is 42.0 Å². The largest absolute Gasteiger partial charge is 0.381 e. The highest BCUT2D eigenvalue weighted by Crippen LogP contribution is 2.13. The summed E-state index contributed by atoms with van der Waals surface area (Å²) in [6, 6.07) is 20.8. The summed E-state index contributed by atoms with van der Waals surface area (Å²) in [6.45, 7) is 8.44. The third kappa shape index (κ3) is 8.44. The van der Waals surface area contributed by atoms with Crippen LogP contribution in [0.2, 0.25) is 0 Å². The lowest BCUT2D eigenvalue weighted by Gasteiger charge is -2.35. The zero-order chi connectivity index (χ0) is 21.7. The van der Waals surface area contributed by atoms with E-state index in [9.17, 15) is 4.79 Å². The maximum atomic E-state index is 13.1. The molecule has 168 valence electrons. The van der Waals surface area contributed by atoms with E-state index in [-0.39, 0.29) is 11.9 Å². The molecule has 1 aliphatic rings. The van der Waals surface area contributed by atoms with Crippen LogP contribution in [0.1, 0.15) is 30.9 Å². The fourth-order valence-electron chi connectivity index (χ4n) is 3.93. The predicted octanol–water partition coefficient (Wildman–Crippen LogP) is 3.78. The second-order valence-electron chi connectivity index (χ2n) is 8.22. The molecule has 3 rings (SSSR count). The Morgan fingerprint density at radius 2 is 1.65 bits per heavy atom. The van der Waals surface area contributed by atoms with E-state index in [2.05, 4.69) is 36.1 Å². The molecule has 0 spiro atoms. The van der Waals surface area contributed by atoms with Gasteiger partial charge in [-0.05, 0) is 30.9 Å². The summed E-state index contributed by atoms with van der Waals surface area (Å²) in [4.78, 5) is 17.5. The number of benzene rings is 2. The lowest BCUT2D eigenvalue weighted by molar-refractivity contribution is -0.135. The molecule has 2 aromatic rings. The Hall–Kier alpha value is -2.21. The minimum absolute atomic E-state index is 0.157. The van der Waals surface area contributed by atoms with Crippen LogP contribution in [0.15, 0.2) is 60.7 Å². The van der Waals surface area contributed by atoms with Gasteiger partial charge in [-0.15, -0.1) is 0 Å². The molecule has 1 atom stereocenters. The minimum Gasteiger partial charge on any atom is -0.381 e. The zero-order valence-corrected chi connectivity index (χ0v) is 18.7. The van der Waals surface area contributed by atoms with E-state index in [1.54, 1.807) is 0 Å². The Morgan fingerprint density at radius 3 is 2.32 bits per heavy atom. The summed E-state index contributed by atoms with van der Waals surface area (Å²) in [5.41, 5.74) is 2.45. The van der Waals surface area contributed by atoms with Crippen LogP contribution in [0.3, 0.4) is 0 Å². The van der Waals surface area contributed by atoms with Gasteiger partial charge < -0.3 is 14.4 Å².